The van der Waals surface area contributed by atoms with Crippen LogP contribution in [-0.4, -0.2) is 35.1 Å². The van der Waals surface area contributed by atoms with Gasteiger partial charge in [0.05, 0.1) is 11.2 Å². The largest absolute Gasteiger partial charge is 0.314 e. The first-order chi connectivity index (χ1) is 8.39. The van der Waals surface area contributed by atoms with Crippen LogP contribution in [0.1, 0.15) is 37.8 Å². The van der Waals surface area contributed by atoms with Crippen molar-refractivity contribution < 1.29 is 0 Å². The van der Waals surface area contributed by atoms with Gasteiger partial charge in [-0.3, -0.25) is 4.90 Å². The van der Waals surface area contributed by atoms with Crippen LogP contribution in [0.3, 0.4) is 0 Å². The van der Waals surface area contributed by atoms with E-state index < -0.39 is 0 Å². The lowest BCUT2D eigenvalue weighted by molar-refractivity contribution is 0.0201. The Hall–Kier alpha value is -0.160. The molecule has 0 amide bonds. The second-order valence-electron chi connectivity index (χ2n) is 5.36. The Morgan fingerprint density at radius 3 is 2.89 bits per heavy atom. The van der Waals surface area contributed by atoms with E-state index in [4.69, 9.17) is 0 Å². The molecule has 1 N–H and O–H groups in total. The molecule has 3 rings (SSSR count). The average Bonchev–Trinajstić information content (AvgIpc) is 2.86. The third kappa shape index (κ3) is 2.87. The lowest BCUT2D eigenvalue weighted by Crippen LogP contribution is -2.61. The lowest BCUT2D eigenvalue weighted by Gasteiger charge is -2.49. The van der Waals surface area contributed by atoms with Gasteiger partial charge in [-0.15, -0.1) is 23.7 Å². The molecule has 0 atom stereocenters. The molecular weight excluding hydrogens is 266 g/mol. The van der Waals surface area contributed by atoms with Crippen molar-refractivity contribution in [3.05, 3.63) is 16.6 Å². The van der Waals surface area contributed by atoms with Crippen LogP contribution in [0.4, 0.5) is 0 Å². The molecule has 1 spiro atoms. The maximum atomic E-state index is 4.44. The molecule has 2 heterocycles. The van der Waals surface area contributed by atoms with Crippen LogP contribution in [0, 0.1) is 0 Å². The fraction of sp³-hybridized carbons (Fsp3) is 0.769. The maximum absolute atomic E-state index is 4.44. The van der Waals surface area contributed by atoms with Crippen molar-refractivity contribution in [3.8, 4) is 0 Å². The summed E-state index contributed by atoms with van der Waals surface area (Å²) in [4.78, 5) is 7.14. The Morgan fingerprint density at radius 1 is 1.33 bits per heavy atom. The minimum Gasteiger partial charge on any atom is -0.314 e. The average molecular weight is 288 g/mol. The van der Waals surface area contributed by atoms with E-state index in [0.717, 1.165) is 13.1 Å². The van der Waals surface area contributed by atoms with Crippen molar-refractivity contribution in [1.29, 1.82) is 0 Å². The van der Waals surface area contributed by atoms with Crippen LogP contribution in [0.25, 0.3) is 0 Å². The summed E-state index contributed by atoms with van der Waals surface area (Å²) in [6.45, 7) is 4.53. The van der Waals surface area contributed by atoms with Gasteiger partial charge in [0.1, 0.15) is 0 Å². The van der Waals surface area contributed by atoms with Crippen molar-refractivity contribution in [3.63, 3.8) is 0 Å². The summed E-state index contributed by atoms with van der Waals surface area (Å²) in [5.41, 5.74) is 3.63. The molecule has 1 aliphatic carbocycles. The highest BCUT2D eigenvalue weighted by molar-refractivity contribution is 7.07. The lowest BCUT2D eigenvalue weighted by atomic mass is 9.79. The molecule has 2 fully saturated rings. The van der Waals surface area contributed by atoms with Crippen LogP contribution in [-0.2, 0) is 6.54 Å². The van der Waals surface area contributed by atoms with E-state index in [1.54, 1.807) is 11.3 Å². The molecular formula is C13H22ClN3S. The second kappa shape index (κ2) is 6.33. The van der Waals surface area contributed by atoms with Crippen molar-refractivity contribution in [2.75, 3.05) is 19.6 Å². The summed E-state index contributed by atoms with van der Waals surface area (Å²) in [5.74, 6) is 0. The van der Waals surface area contributed by atoms with E-state index >= 15 is 0 Å². The summed E-state index contributed by atoms with van der Waals surface area (Å²) < 4.78 is 0. The fourth-order valence-electron chi connectivity index (χ4n) is 3.34. The van der Waals surface area contributed by atoms with Gasteiger partial charge in [-0.05, 0) is 12.8 Å². The smallest absolute Gasteiger partial charge is 0.0795 e. The summed E-state index contributed by atoms with van der Waals surface area (Å²) >= 11 is 1.71. The Morgan fingerprint density at radius 2 is 2.17 bits per heavy atom. The number of nitrogens with zero attached hydrogens (tertiary/aromatic N) is 2. The molecule has 1 saturated heterocycles. The standard InChI is InChI=1S/C13H21N3S.ClH/c1-2-4-13(5-3-1)10-14-6-7-16(13)8-12-9-17-11-15-12;/h9,11,14H,1-8,10H2;1H. The van der Waals surface area contributed by atoms with Crippen molar-refractivity contribution >= 4 is 23.7 Å². The number of piperazine rings is 1. The quantitative estimate of drug-likeness (QED) is 0.906. The van der Waals surface area contributed by atoms with Gasteiger partial charge in [0, 0.05) is 37.1 Å². The third-order valence-electron chi connectivity index (χ3n) is 4.30. The molecule has 102 valence electrons. The summed E-state index contributed by atoms with van der Waals surface area (Å²) in [5, 5.41) is 5.79. The van der Waals surface area contributed by atoms with Crippen LogP contribution in [0.5, 0.6) is 0 Å². The molecule has 1 saturated carbocycles. The zero-order chi connectivity index (χ0) is 11.6. The van der Waals surface area contributed by atoms with E-state index in [2.05, 4.69) is 20.6 Å². The van der Waals surface area contributed by atoms with Crippen LogP contribution < -0.4 is 5.32 Å². The Kier molecular flexibility index (Phi) is 5.01. The Balaban J connectivity index is 0.00000120. The third-order valence-corrected chi connectivity index (χ3v) is 4.94. The predicted octanol–water partition coefficient (Wildman–Crippen LogP) is 2.67. The molecule has 1 aromatic heterocycles. The molecule has 0 radical (unpaired) electrons. The number of aromatic nitrogens is 1. The van der Waals surface area contributed by atoms with E-state index in [1.165, 1.54) is 50.9 Å². The normalized spacial score (nSPS) is 23.8. The first kappa shape index (κ1) is 14.3. The van der Waals surface area contributed by atoms with Gasteiger partial charge in [-0.1, -0.05) is 19.3 Å². The maximum Gasteiger partial charge on any atom is 0.0795 e. The van der Waals surface area contributed by atoms with E-state index in [0.29, 0.717) is 5.54 Å². The van der Waals surface area contributed by atoms with E-state index in [1.807, 2.05) is 5.51 Å². The summed E-state index contributed by atoms with van der Waals surface area (Å²) in [6, 6.07) is 0. The SMILES string of the molecule is Cl.c1nc(CN2CCNCC23CCCCC3)cs1. The highest BCUT2D eigenvalue weighted by Gasteiger charge is 2.39. The number of hydrogen-bond acceptors (Lipinski definition) is 4. The zero-order valence-corrected chi connectivity index (χ0v) is 12.4. The van der Waals surface area contributed by atoms with Gasteiger partial charge in [-0.2, -0.15) is 0 Å². The number of thiazole rings is 1. The van der Waals surface area contributed by atoms with Crippen LogP contribution >= 0.6 is 23.7 Å². The monoisotopic (exact) mass is 287 g/mol. The van der Waals surface area contributed by atoms with Crippen molar-refractivity contribution in [1.82, 2.24) is 15.2 Å². The summed E-state index contributed by atoms with van der Waals surface area (Å²) in [7, 11) is 0. The Labute approximate surface area is 119 Å². The number of halogens is 1. The predicted molar refractivity (Wildman–Crippen MR) is 78.5 cm³/mol. The minimum atomic E-state index is 0. The Bertz CT molecular complexity index is 341. The number of nitrogens with one attached hydrogen (secondary N) is 1. The van der Waals surface area contributed by atoms with Gasteiger partial charge < -0.3 is 5.32 Å². The number of hydrogen-bond donors (Lipinski definition) is 1. The molecule has 0 bridgehead atoms. The summed E-state index contributed by atoms with van der Waals surface area (Å²) in [6.07, 6.45) is 6.95. The van der Waals surface area contributed by atoms with Gasteiger partial charge in [0.15, 0.2) is 0 Å². The highest BCUT2D eigenvalue weighted by Crippen LogP contribution is 2.35. The zero-order valence-electron chi connectivity index (χ0n) is 10.7. The molecule has 1 aliphatic heterocycles. The molecule has 3 nitrogen and oxygen atoms in total. The second-order valence-corrected chi connectivity index (χ2v) is 6.08. The molecule has 18 heavy (non-hydrogen) atoms. The van der Waals surface area contributed by atoms with Crippen LogP contribution in [0.15, 0.2) is 10.9 Å². The van der Waals surface area contributed by atoms with Gasteiger partial charge in [-0.25, -0.2) is 4.98 Å². The first-order valence-corrected chi connectivity index (χ1v) is 7.66. The van der Waals surface area contributed by atoms with E-state index in [9.17, 15) is 0 Å². The highest BCUT2D eigenvalue weighted by atomic mass is 35.5. The molecule has 0 aromatic carbocycles. The minimum absolute atomic E-state index is 0. The fourth-order valence-corrected chi connectivity index (χ4v) is 3.89. The van der Waals surface area contributed by atoms with Crippen LogP contribution in [0.2, 0.25) is 0 Å². The van der Waals surface area contributed by atoms with Crippen molar-refractivity contribution in [2.45, 2.75) is 44.2 Å². The number of rotatable bonds is 2. The molecule has 0 unspecified atom stereocenters. The molecule has 2 aliphatic rings. The molecule has 5 heteroatoms. The molecule has 1 aromatic rings. The van der Waals surface area contributed by atoms with Crippen molar-refractivity contribution in [2.24, 2.45) is 0 Å². The first-order valence-electron chi connectivity index (χ1n) is 6.72. The van der Waals surface area contributed by atoms with Gasteiger partial charge in [0.25, 0.3) is 0 Å². The van der Waals surface area contributed by atoms with E-state index in [-0.39, 0.29) is 12.4 Å². The van der Waals surface area contributed by atoms with Gasteiger partial charge >= 0.3 is 0 Å². The van der Waals surface area contributed by atoms with Gasteiger partial charge in [0.2, 0.25) is 0 Å². The topological polar surface area (TPSA) is 28.2 Å².